The zero-order valence-corrected chi connectivity index (χ0v) is 16.9. The second-order valence-electron chi connectivity index (χ2n) is 6.72. The summed E-state index contributed by atoms with van der Waals surface area (Å²) in [6.45, 7) is 6.93. The molecule has 1 N–H and O–H groups in total. The Labute approximate surface area is 171 Å². The zero-order chi connectivity index (χ0) is 20.6. The zero-order valence-electron chi connectivity index (χ0n) is 16.9. The first-order valence-corrected chi connectivity index (χ1v) is 9.55. The van der Waals surface area contributed by atoms with E-state index in [1.54, 1.807) is 18.3 Å². The van der Waals surface area contributed by atoms with Gasteiger partial charge in [0.15, 0.2) is 11.5 Å². The minimum atomic E-state index is -0.262. The third-order valence-electron chi connectivity index (χ3n) is 4.49. The molecule has 3 aromatic rings. The van der Waals surface area contributed by atoms with Crippen molar-refractivity contribution in [3.8, 4) is 11.5 Å². The SMILES string of the molecule is CCOc1cc(C=NNc2ccc(C)c(C)c2)ccc1OCc1ccc(F)cc1. The second-order valence-corrected chi connectivity index (χ2v) is 6.72. The lowest BCUT2D eigenvalue weighted by Crippen LogP contribution is -2.01. The molecule has 4 nitrogen and oxygen atoms in total. The van der Waals surface area contributed by atoms with Crippen molar-refractivity contribution in [3.05, 3.63) is 88.7 Å². The Hall–Kier alpha value is -3.34. The van der Waals surface area contributed by atoms with Crippen molar-refractivity contribution in [1.82, 2.24) is 0 Å². The minimum Gasteiger partial charge on any atom is -0.490 e. The molecule has 0 aliphatic heterocycles. The lowest BCUT2D eigenvalue weighted by molar-refractivity contribution is 0.269. The van der Waals surface area contributed by atoms with Crippen LogP contribution >= 0.6 is 0 Å². The van der Waals surface area contributed by atoms with Gasteiger partial charge in [0.25, 0.3) is 0 Å². The second kappa shape index (κ2) is 9.73. The molecular formula is C24H25FN2O2. The molecule has 0 aliphatic carbocycles. The summed E-state index contributed by atoms with van der Waals surface area (Å²) >= 11 is 0. The third kappa shape index (κ3) is 5.82. The van der Waals surface area contributed by atoms with Gasteiger partial charge in [-0.25, -0.2) is 4.39 Å². The average molecular weight is 392 g/mol. The topological polar surface area (TPSA) is 42.8 Å². The van der Waals surface area contributed by atoms with E-state index in [2.05, 4.69) is 36.5 Å². The highest BCUT2D eigenvalue weighted by Crippen LogP contribution is 2.29. The molecule has 0 amide bonds. The number of hydrazone groups is 1. The van der Waals surface area contributed by atoms with Crippen LogP contribution in [0.2, 0.25) is 0 Å². The van der Waals surface area contributed by atoms with Crippen LogP contribution in [0.5, 0.6) is 11.5 Å². The molecule has 0 saturated heterocycles. The Morgan fingerprint density at radius 1 is 0.897 bits per heavy atom. The van der Waals surface area contributed by atoms with Crippen LogP contribution in [0.3, 0.4) is 0 Å². The molecule has 0 bridgehead atoms. The van der Waals surface area contributed by atoms with E-state index in [1.807, 2.05) is 31.2 Å². The largest absolute Gasteiger partial charge is 0.490 e. The smallest absolute Gasteiger partial charge is 0.161 e. The van der Waals surface area contributed by atoms with Crippen molar-refractivity contribution in [2.75, 3.05) is 12.0 Å². The highest BCUT2D eigenvalue weighted by molar-refractivity contribution is 5.81. The van der Waals surface area contributed by atoms with E-state index in [-0.39, 0.29) is 5.82 Å². The number of halogens is 1. The summed E-state index contributed by atoms with van der Waals surface area (Å²) in [7, 11) is 0. The fourth-order valence-corrected chi connectivity index (χ4v) is 2.73. The molecule has 0 fully saturated rings. The van der Waals surface area contributed by atoms with Crippen LogP contribution in [0, 0.1) is 19.7 Å². The maximum absolute atomic E-state index is 13.0. The number of hydrogen-bond donors (Lipinski definition) is 1. The number of benzene rings is 3. The van der Waals surface area contributed by atoms with E-state index < -0.39 is 0 Å². The first kappa shape index (κ1) is 20.4. The standard InChI is InChI=1S/C24H25FN2O2/c1-4-28-24-14-20(15-26-27-22-11-5-17(2)18(3)13-22)8-12-23(24)29-16-19-6-9-21(25)10-7-19/h5-15,27H,4,16H2,1-3H3. The van der Waals surface area contributed by atoms with E-state index in [1.165, 1.54) is 23.3 Å². The summed E-state index contributed by atoms with van der Waals surface area (Å²) in [6, 6.07) is 18.0. The van der Waals surface area contributed by atoms with Gasteiger partial charge in [0, 0.05) is 0 Å². The van der Waals surface area contributed by atoms with Gasteiger partial charge in [-0.1, -0.05) is 18.2 Å². The fourth-order valence-electron chi connectivity index (χ4n) is 2.73. The normalized spacial score (nSPS) is 10.9. The Bertz CT molecular complexity index is 985. The number of anilines is 1. The van der Waals surface area contributed by atoms with E-state index in [0.29, 0.717) is 24.7 Å². The van der Waals surface area contributed by atoms with E-state index in [9.17, 15) is 4.39 Å². The Balaban J connectivity index is 1.67. The Kier molecular flexibility index (Phi) is 6.85. The van der Waals surface area contributed by atoms with Gasteiger partial charge in [-0.05, 0) is 85.5 Å². The molecule has 0 aromatic heterocycles. The van der Waals surface area contributed by atoms with Crippen molar-refractivity contribution in [2.24, 2.45) is 5.10 Å². The lowest BCUT2D eigenvalue weighted by atomic mass is 10.1. The number of ether oxygens (including phenoxy) is 2. The molecule has 29 heavy (non-hydrogen) atoms. The van der Waals surface area contributed by atoms with Crippen LogP contribution in [-0.4, -0.2) is 12.8 Å². The predicted octanol–water partition coefficient (Wildman–Crippen LogP) is 5.87. The molecule has 0 heterocycles. The lowest BCUT2D eigenvalue weighted by Gasteiger charge is -2.12. The first-order chi connectivity index (χ1) is 14.0. The van der Waals surface area contributed by atoms with Crippen LogP contribution in [0.1, 0.15) is 29.2 Å². The summed E-state index contributed by atoms with van der Waals surface area (Å²) in [6.07, 6.45) is 1.74. The molecule has 0 atom stereocenters. The Morgan fingerprint density at radius 2 is 1.69 bits per heavy atom. The summed E-state index contributed by atoms with van der Waals surface area (Å²) in [5, 5.41) is 4.31. The van der Waals surface area contributed by atoms with Crippen molar-refractivity contribution in [1.29, 1.82) is 0 Å². The number of rotatable bonds is 8. The number of hydrogen-bond acceptors (Lipinski definition) is 4. The molecular weight excluding hydrogens is 367 g/mol. The number of aryl methyl sites for hydroxylation is 2. The van der Waals surface area contributed by atoms with Crippen LogP contribution < -0.4 is 14.9 Å². The van der Waals surface area contributed by atoms with Crippen molar-refractivity contribution in [2.45, 2.75) is 27.4 Å². The fraction of sp³-hybridized carbons (Fsp3) is 0.208. The number of nitrogens with one attached hydrogen (secondary N) is 1. The van der Waals surface area contributed by atoms with Gasteiger partial charge in [-0.2, -0.15) is 5.10 Å². The van der Waals surface area contributed by atoms with Crippen LogP contribution in [0.25, 0.3) is 0 Å². The van der Waals surface area contributed by atoms with E-state index in [4.69, 9.17) is 9.47 Å². The average Bonchev–Trinajstić information content (AvgIpc) is 2.71. The minimum absolute atomic E-state index is 0.262. The van der Waals surface area contributed by atoms with Crippen molar-refractivity contribution in [3.63, 3.8) is 0 Å². The van der Waals surface area contributed by atoms with Gasteiger partial charge in [0.2, 0.25) is 0 Å². The quantitative estimate of drug-likeness (QED) is 0.385. The summed E-state index contributed by atoms with van der Waals surface area (Å²) < 4.78 is 24.6. The summed E-state index contributed by atoms with van der Waals surface area (Å²) in [5.74, 6) is 1.02. The predicted molar refractivity (Wildman–Crippen MR) is 115 cm³/mol. The molecule has 0 aliphatic rings. The molecule has 0 radical (unpaired) electrons. The molecule has 0 unspecified atom stereocenters. The van der Waals surface area contributed by atoms with Crippen molar-refractivity contribution < 1.29 is 13.9 Å². The molecule has 150 valence electrons. The van der Waals surface area contributed by atoms with E-state index >= 15 is 0 Å². The third-order valence-corrected chi connectivity index (χ3v) is 4.49. The van der Waals surface area contributed by atoms with Gasteiger partial charge in [-0.3, -0.25) is 5.43 Å². The van der Waals surface area contributed by atoms with Gasteiger partial charge in [0.1, 0.15) is 12.4 Å². The van der Waals surface area contributed by atoms with Crippen LogP contribution in [-0.2, 0) is 6.61 Å². The summed E-state index contributed by atoms with van der Waals surface area (Å²) in [5.41, 5.74) is 8.22. The Morgan fingerprint density at radius 3 is 2.41 bits per heavy atom. The highest BCUT2D eigenvalue weighted by atomic mass is 19.1. The van der Waals surface area contributed by atoms with Crippen LogP contribution in [0.15, 0.2) is 65.8 Å². The number of nitrogens with zero attached hydrogens (tertiary/aromatic N) is 1. The van der Waals surface area contributed by atoms with Gasteiger partial charge in [-0.15, -0.1) is 0 Å². The molecule has 3 aromatic carbocycles. The first-order valence-electron chi connectivity index (χ1n) is 9.55. The van der Waals surface area contributed by atoms with Gasteiger partial charge in [0.05, 0.1) is 18.5 Å². The molecule has 0 saturated carbocycles. The maximum atomic E-state index is 13.0. The van der Waals surface area contributed by atoms with Gasteiger partial charge < -0.3 is 9.47 Å². The summed E-state index contributed by atoms with van der Waals surface area (Å²) in [4.78, 5) is 0. The van der Waals surface area contributed by atoms with Crippen LogP contribution in [0.4, 0.5) is 10.1 Å². The molecule has 5 heteroatoms. The highest BCUT2D eigenvalue weighted by Gasteiger charge is 2.07. The monoisotopic (exact) mass is 392 g/mol. The van der Waals surface area contributed by atoms with Gasteiger partial charge >= 0.3 is 0 Å². The molecule has 3 rings (SSSR count). The molecule has 0 spiro atoms. The van der Waals surface area contributed by atoms with E-state index in [0.717, 1.165) is 16.8 Å². The van der Waals surface area contributed by atoms with Crippen molar-refractivity contribution >= 4 is 11.9 Å². The maximum Gasteiger partial charge on any atom is 0.161 e.